The molecule has 1 aliphatic rings. The average Bonchev–Trinajstić information content (AvgIpc) is 2.40. The van der Waals surface area contributed by atoms with Crippen molar-refractivity contribution >= 4 is 17.7 Å². The number of hydrogen-bond acceptors (Lipinski definition) is 4. The molecule has 0 atom stereocenters. The van der Waals surface area contributed by atoms with Gasteiger partial charge in [0.05, 0.1) is 6.04 Å². The number of carbonyl (C=O) groups excluding carboxylic acids is 2. The van der Waals surface area contributed by atoms with E-state index in [9.17, 15) is 9.59 Å². The third-order valence-corrected chi connectivity index (χ3v) is 3.30. The smallest absolute Gasteiger partial charge is 0.410 e. The number of nitrogens with one attached hydrogen (secondary N) is 2. The van der Waals surface area contributed by atoms with Crippen LogP contribution in [-0.2, 0) is 4.74 Å². The third-order valence-electron chi connectivity index (χ3n) is 3.30. The summed E-state index contributed by atoms with van der Waals surface area (Å²) in [7, 11) is 1.83. The zero-order chi connectivity index (χ0) is 16.3. The first kappa shape index (κ1) is 16.1. The van der Waals surface area contributed by atoms with Gasteiger partial charge in [-0.2, -0.15) is 0 Å². The molecule has 2 rings (SSSR count). The van der Waals surface area contributed by atoms with Gasteiger partial charge in [-0.05, 0) is 45.0 Å². The molecular weight excluding hydrogens is 282 g/mol. The normalized spacial score (nSPS) is 15.0. The predicted octanol–water partition coefficient (Wildman–Crippen LogP) is 2.08. The first-order valence-corrected chi connectivity index (χ1v) is 7.35. The number of nitrogens with zero attached hydrogens (tertiary/aromatic N) is 1. The third kappa shape index (κ3) is 4.13. The van der Waals surface area contributed by atoms with E-state index in [1.165, 1.54) is 0 Å². The number of benzene rings is 1. The van der Waals surface area contributed by atoms with Crippen molar-refractivity contribution in [3.63, 3.8) is 0 Å². The van der Waals surface area contributed by atoms with Crippen molar-refractivity contribution < 1.29 is 14.3 Å². The highest BCUT2D eigenvalue weighted by molar-refractivity contribution is 5.94. The lowest BCUT2D eigenvalue weighted by atomic mass is 10.1. The number of rotatable bonds is 3. The molecule has 0 bridgehead atoms. The molecule has 6 nitrogen and oxygen atoms in total. The Labute approximate surface area is 130 Å². The highest BCUT2D eigenvalue weighted by atomic mass is 16.6. The Hall–Kier alpha value is -2.24. The van der Waals surface area contributed by atoms with Crippen molar-refractivity contribution in [1.29, 1.82) is 0 Å². The maximum absolute atomic E-state index is 12.1. The van der Waals surface area contributed by atoms with Crippen LogP contribution in [0.1, 0.15) is 31.1 Å². The largest absolute Gasteiger partial charge is 0.444 e. The van der Waals surface area contributed by atoms with E-state index < -0.39 is 5.60 Å². The monoisotopic (exact) mass is 305 g/mol. The maximum Gasteiger partial charge on any atom is 0.410 e. The van der Waals surface area contributed by atoms with Gasteiger partial charge in [0, 0.05) is 31.4 Å². The highest BCUT2D eigenvalue weighted by Crippen LogP contribution is 2.16. The van der Waals surface area contributed by atoms with Gasteiger partial charge in [-0.3, -0.25) is 4.79 Å². The van der Waals surface area contributed by atoms with E-state index in [1.807, 2.05) is 40.0 Å². The van der Waals surface area contributed by atoms with Gasteiger partial charge in [0.1, 0.15) is 5.60 Å². The molecule has 0 aliphatic carbocycles. The molecule has 0 spiro atoms. The van der Waals surface area contributed by atoms with Crippen molar-refractivity contribution in [2.75, 3.05) is 25.5 Å². The molecule has 120 valence electrons. The molecule has 22 heavy (non-hydrogen) atoms. The summed E-state index contributed by atoms with van der Waals surface area (Å²) in [6.07, 6.45) is -0.337. The van der Waals surface area contributed by atoms with Crippen LogP contribution in [0.5, 0.6) is 0 Å². The molecule has 0 radical (unpaired) electrons. The fourth-order valence-corrected chi connectivity index (χ4v) is 2.10. The Morgan fingerprint density at radius 2 is 1.77 bits per heavy atom. The molecule has 1 aromatic carbocycles. The summed E-state index contributed by atoms with van der Waals surface area (Å²) in [6.45, 7) is 6.46. The van der Waals surface area contributed by atoms with E-state index in [1.54, 1.807) is 17.0 Å². The minimum Gasteiger partial charge on any atom is -0.444 e. The maximum atomic E-state index is 12.1. The van der Waals surface area contributed by atoms with E-state index in [4.69, 9.17) is 4.74 Å². The first-order valence-electron chi connectivity index (χ1n) is 7.35. The minimum absolute atomic E-state index is 0.0241. The van der Waals surface area contributed by atoms with E-state index in [0.717, 1.165) is 5.69 Å². The van der Waals surface area contributed by atoms with Gasteiger partial charge >= 0.3 is 6.09 Å². The molecule has 0 unspecified atom stereocenters. The number of likely N-dealkylation sites (tertiary alicyclic amines) is 1. The van der Waals surface area contributed by atoms with Crippen molar-refractivity contribution in [1.82, 2.24) is 10.2 Å². The SMILES string of the molecule is CNc1ccc(C(=O)NC2CN(C(=O)OC(C)(C)C)C2)cc1. The van der Waals surface area contributed by atoms with Crippen molar-refractivity contribution in [2.45, 2.75) is 32.4 Å². The quantitative estimate of drug-likeness (QED) is 0.897. The van der Waals surface area contributed by atoms with Crippen LogP contribution in [0, 0.1) is 0 Å². The van der Waals surface area contributed by atoms with Crippen LogP contribution in [0.4, 0.5) is 10.5 Å². The summed E-state index contributed by atoms with van der Waals surface area (Å²) in [6, 6.07) is 7.21. The van der Waals surface area contributed by atoms with Crippen LogP contribution < -0.4 is 10.6 Å². The molecular formula is C16H23N3O3. The van der Waals surface area contributed by atoms with Crippen LogP contribution in [0.2, 0.25) is 0 Å². The van der Waals surface area contributed by atoms with E-state index in [2.05, 4.69) is 10.6 Å². The predicted molar refractivity (Wildman–Crippen MR) is 85.0 cm³/mol. The standard InChI is InChI=1S/C16H23N3O3/c1-16(2,3)22-15(21)19-9-13(10-19)18-14(20)11-5-7-12(17-4)8-6-11/h5-8,13,17H,9-10H2,1-4H3,(H,18,20). The van der Waals surface area contributed by atoms with E-state index >= 15 is 0 Å². The zero-order valence-electron chi connectivity index (χ0n) is 13.5. The lowest BCUT2D eigenvalue weighted by molar-refractivity contribution is 0.00533. The molecule has 1 aliphatic heterocycles. The van der Waals surface area contributed by atoms with Gasteiger partial charge in [0.2, 0.25) is 0 Å². The summed E-state index contributed by atoms with van der Waals surface area (Å²) in [4.78, 5) is 25.5. The van der Waals surface area contributed by atoms with Crippen molar-refractivity contribution in [3.8, 4) is 0 Å². The van der Waals surface area contributed by atoms with Crippen LogP contribution in [-0.4, -0.2) is 48.7 Å². The molecule has 0 saturated carbocycles. The first-order chi connectivity index (χ1) is 10.3. The summed E-state index contributed by atoms with van der Waals surface area (Å²) in [5, 5.41) is 5.91. The Morgan fingerprint density at radius 1 is 1.18 bits per heavy atom. The number of anilines is 1. The number of carbonyl (C=O) groups is 2. The Balaban J connectivity index is 1.79. The minimum atomic E-state index is -0.500. The Kier molecular flexibility index (Phi) is 4.59. The van der Waals surface area contributed by atoms with Gasteiger partial charge in [0.25, 0.3) is 5.91 Å². The average molecular weight is 305 g/mol. The second-order valence-electron chi connectivity index (χ2n) is 6.38. The summed E-state index contributed by atoms with van der Waals surface area (Å²) >= 11 is 0. The lowest BCUT2D eigenvalue weighted by Crippen LogP contribution is -2.61. The van der Waals surface area contributed by atoms with E-state index in [0.29, 0.717) is 18.7 Å². The highest BCUT2D eigenvalue weighted by Gasteiger charge is 2.34. The van der Waals surface area contributed by atoms with Gasteiger partial charge < -0.3 is 20.3 Å². The molecule has 2 amide bonds. The van der Waals surface area contributed by atoms with Crippen LogP contribution in [0.15, 0.2) is 24.3 Å². The second-order valence-corrected chi connectivity index (χ2v) is 6.38. The number of hydrogen-bond donors (Lipinski definition) is 2. The fourth-order valence-electron chi connectivity index (χ4n) is 2.10. The van der Waals surface area contributed by atoms with Crippen molar-refractivity contribution in [2.24, 2.45) is 0 Å². The second kappa shape index (κ2) is 6.25. The summed E-state index contributed by atoms with van der Waals surface area (Å²) in [5.41, 5.74) is 1.06. The summed E-state index contributed by atoms with van der Waals surface area (Å²) < 4.78 is 5.27. The number of ether oxygens (including phenoxy) is 1. The fraction of sp³-hybridized carbons (Fsp3) is 0.500. The molecule has 2 N–H and O–H groups in total. The molecule has 1 saturated heterocycles. The summed E-state index contributed by atoms with van der Waals surface area (Å²) in [5.74, 6) is -0.128. The molecule has 1 heterocycles. The van der Waals surface area contributed by atoms with Crippen molar-refractivity contribution in [3.05, 3.63) is 29.8 Å². The van der Waals surface area contributed by atoms with Crippen LogP contribution in [0.25, 0.3) is 0 Å². The molecule has 1 aromatic rings. The van der Waals surface area contributed by atoms with Gasteiger partial charge in [-0.15, -0.1) is 0 Å². The molecule has 0 aromatic heterocycles. The van der Waals surface area contributed by atoms with Gasteiger partial charge in [-0.25, -0.2) is 4.79 Å². The number of amides is 2. The van der Waals surface area contributed by atoms with Gasteiger partial charge in [0.15, 0.2) is 0 Å². The Morgan fingerprint density at radius 3 is 2.27 bits per heavy atom. The van der Waals surface area contributed by atoms with E-state index in [-0.39, 0.29) is 18.0 Å². The molecule has 6 heteroatoms. The Bertz CT molecular complexity index is 543. The molecule has 1 fully saturated rings. The van der Waals surface area contributed by atoms with Gasteiger partial charge in [-0.1, -0.05) is 0 Å². The topological polar surface area (TPSA) is 70.7 Å². The van der Waals surface area contributed by atoms with Crippen LogP contribution in [0.3, 0.4) is 0 Å². The van der Waals surface area contributed by atoms with Crippen LogP contribution >= 0.6 is 0 Å². The lowest BCUT2D eigenvalue weighted by Gasteiger charge is -2.39. The zero-order valence-corrected chi connectivity index (χ0v) is 13.5.